The summed E-state index contributed by atoms with van der Waals surface area (Å²) in [7, 11) is 0. The van der Waals surface area contributed by atoms with Gasteiger partial charge in [-0.25, -0.2) is 4.99 Å². The van der Waals surface area contributed by atoms with E-state index in [1.54, 1.807) is 0 Å². The number of ether oxygens (including phenoxy) is 2. The van der Waals surface area contributed by atoms with E-state index in [1.807, 2.05) is 12.1 Å². The molecule has 0 saturated carbocycles. The van der Waals surface area contributed by atoms with Gasteiger partial charge < -0.3 is 20.1 Å². The van der Waals surface area contributed by atoms with Gasteiger partial charge in [-0.3, -0.25) is 9.80 Å². The van der Waals surface area contributed by atoms with Gasteiger partial charge in [0.1, 0.15) is 12.4 Å². The number of benzene rings is 1. The second-order valence-electron chi connectivity index (χ2n) is 7.91. The average Bonchev–Trinajstić information content (AvgIpc) is 3.25. The Morgan fingerprint density at radius 2 is 2.00 bits per heavy atom. The number of para-hydroxylation sites is 1. The normalized spacial score (nSPS) is 21.0. The molecule has 0 aromatic heterocycles. The van der Waals surface area contributed by atoms with Crippen molar-refractivity contribution in [2.24, 2.45) is 4.99 Å². The first kappa shape index (κ1) is 22.8. The monoisotopic (exact) mass is 417 g/mol. The third kappa shape index (κ3) is 7.15. The SMILES string of the molecule is CCNC(=NCc1ccccc1OCCN1CCOCC1)NCC1CCCN1CC. The maximum absolute atomic E-state index is 6.10. The molecular weight excluding hydrogens is 378 g/mol. The molecule has 2 N–H and O–H groups in total. The van der Waals surface area contributed by atoms with Crippen molar-refractivity contribution in [3.8, 4) is 5.75 Å². The van der Waals surface area contributed by atoms with Crippen LogP contribution in [0, 0.1) is 0 Å². The third-order valence-electron chi connectivity index (χ3n) is 5.90. The standard InChI is InChI=1S/C23H39N5O2/c1-3-24-23(26-19-21-9-7-11-28(21)4-2)25-18-20-8-5-6-10-22(20)30-17-14-27-12-15-29-16-13-27/h5-6,8,10,21H,3-4,7,9,11-19H2,1-2H3,(H2,24,25,26). The molecule has 0 radical (unpaired) electrons. The van der Waals surface area contributed by atoms with E-state index in [2.05, 4.69) is 46.4 Å². The van der Waals surface area contributed by atoms with Crippen LogP contribution < -0.4 is 15.4 Å². The van der Waals surface area contributed by atoms with Gasteiger partial charge in [0, 0.05) is 44.3 Å². The van der Waals surface area contributed by atoms with Gasteiger partial charge in [-0.15, -0.1) is 0 Å². The highest BCUT2D eigenvalue weighted by molar-refractivity contribution is 5.79. The molecule has 0 spiro atoms. The van der Waals surface area contributed by atoms with Crippen LogP contribution in [0.2, 0.25) is 0 Å². The van der Waals surface area contributed by atoms with E-state index in [0.717, 1.165) is 69.8 Å². The van der Waals surface area contributed by atoms with Crippen LogP contribution >= 0.6 is 0 Å². The van der Waals surface area contributed by atoms with E-state index in [0.29, 0.717) is 19.2 Å². The summed E-state index contributed by atoms with van der Waals surface area (Å²) in [4.78, 5) is 9.76. The van der Waals surface area contributed by atoms with Gasteiger partial charge in [0.2, 0.25) is 0 Å². The number of likely N-dealkylation sites (N-methyl/N-ethyl adjacent to an activating group) is 1. The molecule has 1 aromatic rings. The first-order valence-electron chi connectivity index (χ1n) is 11.6. The van der Waals surface area contributed by atoms with Gasteiger partial charge in [-0.1, -0.05) is 25.1 Å². The Hall–Kier alpha value is -1.83. The van der Waals surface area contributed by atoms with Crippen molar-refractivity contribution >= 4 is 5.96 Å². The Balaban J connectivity index is 1.51. The average molecular weight is 418 g/mol. The molecule has 2 saturated heterocycles. The van der Waals surface area contributed by atoms with Crippen LogP contribution in [0.1, 0.15) is 32.3 Å². The molecule has 1 unspecified atom stereocenters. The molecule has 0 aliphatic carbocycles. The maximum atomic E-state index is 6.10. The van der Waals surface area contributed by atoms with Crippen LogP contribution in [0.3, 0.4) is 0 Å². The minimum Gasteiger partial charge on any atom is -0.492 e. The van der Waals surface area contributed by atoms with E-state index in [9.17, 15) is 0 Å². The fourth-order valence-electron chi connectivity index (χ4n) is 4.15. The summed E-state index contributed by atoms with van der Waals surface area (Å²) >= 11 is 0. The molecule has 168 valence electrons. The van der Waals surface area contributed by atoms with E-state index >= 15 is 0 Å². The van der Waals surface area contributed by atoms with Crippen LogP contribution in [-0.2, 0) is 11.3 Å². The Morgan fingerprint density at radius 3 is 2.80 bits per heavy atom. The second-order valence-corrected chi connectivity index (χ2v) is 7.91. The number of aliphatic imine (C=N–C) groups is 1. The van der Waals surface area contributed by atoms with Gasteiger partial charge in [-0.2, -0.15) is 0 Å². The van der Waals surface area contributed by atoms with Crippen LogP contribution in [0.15, 0.2) is 29.3 Å². The highest BCUT2D eigenvalue weighted by Crippen LogP contribution is 2.19. The van der Waals surface area contributed by atoms with E-state index in [-0.39, 0.29) is 0 Å². The number of guanidine groups is 1. The molecule has 30 heavy (non-hydrogen) atoms. The number of rotatable bonds is 10. The molecule has 7 nitrogen and oxygen atoms in total. The zero-order chi connectivity index (χ0) is 21.0. The quantitative estimate of drug-likeness (QED) is 0.448. The van der Waals surface area contributed by atoms with Gasteiger partial charge in [0.05, 0.1) is 19.8 Å². The molecule has 2 aliphatic heterocycles. The number of likely N-dealkylation sites (tertiary alicyclic amines) is 1. The van der Waals surface area contributed by atoms with Crippen LogP contribution in [0.25, 0.3) is 0 Å². The lowest BCUT2D eigenvalue weighted by atomic mass is 10.2. The van der Waals surface area contributed by atoms with Gasteiger partial charge in [0.25, 0.3) is 0 Å². The number of hydrogen-bond donors (Lipinski definition) is 2. The molecule has 2 aliphatic rings. The molecule has 0 amide bonds. The van der Waals surface area contributed by atoms with Gasteiger partial charge in [-0.05, 0) is 38.9 Å². The molecule has 2 heterocycles. The summed E-state index contributed by atoms with van der Waals surface area (Å²) in [6.45, 7) is 14.3. The summed E-state index contributed by atoms with van der Waals surface area (Å²) in [5.74, 6) is 1.81. The number of nitrogens with zero attached hydrogens (tertiary/aromatic N) is 3. The van der Waals surface area contributed by atoms with Crippen molar-refractivity contribution < 1.29 is 9.47 Å². The molecule has 0 bridgehead atoms. The first-order chi connectivity index (χ1) is 14.8. The van der Waals surface area contributed by atoms with Crippen LogP contribution in [-0.4, -0.2) is 87.4 Å². The molecule has 3 rings (SSSR count). The topological polar surface area (TPSA) is 61.4 Å². The minimum atomic E-state index is 0.602. The predicted octanol–water partition coefficient (Wildman–Crippen LogP) is 1.94. The van der Waals surface area contributed by atoms with Crippen molar-refractivity contribution in [3.63, 3.8) is 0 Å². The van der Waals surface area contributed by atoms with Crippen molar-refractivity contribution in [3.05, 3.63) is 29.8 Å². The highest BCUT2D eigenvalue weighted by Gasteiger charge is 2.22. The summed E-state index contributed by atoms with van der Waals surface area (Å²) in [5, 5.41) is 6.92. The predicted molar refractivity (Wildman–Crippen MR) is 122 cm³/mol. The summed E-state index contributed by atoms with van der Waals surface area (Å²) in [6.07, 6.45) is 2.56. The van der Waals surface area contributed by atoms with Crippen molar-refractivity contribution in [1.82, 2.24) is 20.4 Å². The fourth-order valence-corrected chi connectivity index (χ4v) is 4.15. The smallest absolute Gasteiger partial charge is 0.191 e. The van der Waals surface area contributed by atoms with Crippen molar-refractivity contribution in [2.45, 2.75) is 39.3 Å². The maximum Gasteiger partial charge on any atom is 0.191 e. The first-order valence-corrected chi connectivity index (χ1v) is 11.6. The summed E-state index contributed by atoms with van der Waals surface area (Å²) in [6, 6.07) is 8.84. The zero-order valence-corrected chi connectivity index (χ0v) is 18.7. The highest BCUT2D eigenvalue weighted by atomic mass is 16.5. The largest absolute Gasteiger partial charge is 0.492 e. The van der Waals surface area contributed by atoms with Gasteiger partial charge in [0.15, 0.2) is 5.96 Å². The third-order valence-corrected chi connectivity index (χ3v) is 5.90. The Bertz CT molecular complexity index is 648. The minimum absolute atomic E-state index is 0.602. The zero-order valence-electron chi connectivity index (χ0n) is 18.7. The Labute approximate surface area is 181 Å². The van der Waals surface area contributed by atoms with E-state index < -0.39 is 0 Å². The number of morpholine rings is 1. The fraction of sp³-hybridized carbons (Fsp3) is 0.696. The van der Waals surface area contributed by atoms with E-state index in [4.69, 9.17) is 14.5 Å². The van der Waals surface area contributed by atoms with E-state index in [1.165, 1.54) is 19.4 Å². The summed E-state index contributed by atoms with van der Waals surface area (Å²) < 4.78 is 11.5. The Morgan fingerprint density at radius 1 is 1.17 bits per heavy atom. The molecule has 1 aromatic carbocycles. The van der Waals surface area contributed by atoms with Crippen LogP contribution in [0.4, 0.5) is 0 Å². The molecule has 2 fully saturated rings. The molecule has 1 atom stereocenters. The summed E-state index contributed by atoms with van der Waals surface area (Å²) in [5.41, 5.74) is 1.12. The lowest BCUT2D eigenvalue weighted by Crippen LogP contribution is -2.44. The lowest BCUT2D eigenvalue weighted by molar-refractivity contribution is 0.0322. The molecule has 7 heteroatoms. The van der Waals surface area contributed by atoms with Crippen LogP contribution in [0.5, 0.6) is 5.75 Å². The Kier molecular flexibility index (Phi) is 9.73. The number of hydrogen-bond acceptors (Lipinski definition) is 5. The van der Waals surface area contributed by atoms with Crippen molar-refractivity contribution in [1.29, 1.82) is 0 Å². The lowest BCUT2D eigenvalue weighted by Gasteiger charge is -2.26. The molecular formula is C23H39N5O2. The van der Waals surface area contributed by atoms with Crippen molar-refractivity contribution in [2.75, 3.05) is 65.6 Å². The second kappa shape index (κ2) is 12.8. The van der Waals surface area contributed by atoms with Gasteiger partial charge >= 0.3 is 0 Å². The number of nitrogens with one attached hydrogen (secondary N) is 2.